The fourth-order valence-electron chi connectivity index (χ4n) is 2.15. The highest BCUT2D eigenvalue weighted by atomic mass is 15.1. The number of aryl methyl sites for hydroxylation is 1. The van der Waals surface area contributed by atoms with E-state index in [1.165, 1.54) is 24.9 Å². The number of pyridine rings is 1. The first-order valence-corrected chi connectivity index (χ1v) is 5.61. The Morgan fingerprint density at radius 3 is 3.07 bits per heavy atom. The predicted molar refractivity (Wildman–Crippen MR) is 63.1 cm³/mol. The van der Waals surface area contributed by atoms with E-state index in [4.69, 9.17) is 0 Å². The number of hydrogen-bond donors (Lipinski definition) is 1. The number of aromatic nitrogens is 1. The number of hydrogen-bond acceptors (Lipinski definition) is 3. The fraction of sp³-hybridized carbons (Fsp3) is 0.583. The van der Waals surface area contributed by atoms with Crippen LogP contribution in [0.3, 0.4) is 0 Å². The number of piperidine rings is 1. The Kier molecular flexibility index (Phi) is 3.21. The van der Waals surface area contributed by atoms with Crippen LogP contribution in [0.4, 0.5) is 5.69 Å². The maximum atomic E-state index is 4.19. The van der Waals surface area contributed by atoms with Gasteiger partial charge in [0.2, 0.25) is 0 Å². The minimum Gasteiger partial charge on any atom is -0.380 e. The Hall–Kier alpha value is -1.09. The van der Waals surface area contributed by atoms with Crippen LogP contribution in [-0.2, 0) is 0 Å². The molecule has 1 aliphatic heterocycles. The zero-order chi connectivity index (χ0) is 10.7. The lowest BCUT2D eigenvalue weighted by Gasteiger charge is -2.30. The van der Waals surface area contributed by atoms with Crippen LogP contribution in [0.5, 0.6) is 0 Å². The van der Waals surface area contributed by atoms with Gasteiger partial charge in [0.15, 0.2) is 0 Å². The third kappa shape index (κ3) is 2.93. The first-order valence-electron chi connectivity index (χ1n) is 5.61. The molecule has 2 heterocycles. The van der Waals surface area contributed by atoms with Gasteiger partial charge in [-0.15, -0.1) is 0 Å². The van der Waals surface area contributed by atoms with Crippen LogP contribution in [0.15, 0.2) is 18.5 Å². The van der Waals surface area contributed by atoms with Gasteiger partial charge in [-0.3, -0.25) is 4.98 Å². The van der Waals surface area contributed by atoms with E-state index in [1.54, 1.807) is 0 Å². The van der Waals surface area contributed by atoms with E-state index in [0.717, 1.165) is 12.2 Å². The minimum atomic E-state index is 0.576. The number of anilines is 1. The molecule has 1 aliphatic rings. The number of rotatable bonds is 2. The molecule has 2 rings (SSSR count). The molecule has 1 saturated heterocycles. The number of likely N-dealkylation sites (N-methyl/N-ethyl adjacent to an activating group) is 1. The normalized spacial score (nSPS) is 22.7. The summed E-state index contributed by atoms with van der Waals surface area (Å²) in [4.78, 5) is 6.57. The van der Waals surface area contributed by atoms with Crippen molar-refractivity contribution < 1.29 is 0 Å². The van der Waals surface area contributed by atoms with Crippen LogP contribution in [0.1, 0.15) is 18.4 Å². The zero-order valence-electron chi connectivity index (χ0n) is 9.53. The van der Waals surface area contributed by atoms with Gasteiger partial charge < -0.3 is 10.2 Å². The van der Waals surface area contributed by atoms with Crippen molar-refractivity contribution in [3.05, 3.63) is 24.0 Å². The second kappa shape index (κ2) is 4.62. The monoisotopic (exact) mass is 205 g/mol. The first-order chi connectivity index (χ1) is 7.24. The molecule has 82 valence electrons. The topological polar surface area (TPSA) is 28.2 Å². The summed E-state index contributed by atoms with van der Waals surface area (Å²) in [7, 11) is 2.18. The molecule has 0 amide bonds. The maximum absolute atomic E-state index is 4.19. The molecule has 1 fully saturated rings. The maximum Gasteiger partial charge on any atom is 0.0531 e. The molecule has 1 aromatic rings. The van der Waals surface area contributed by atoms with Crippen molar-refractivity contribution >= 4 is 5.69 Å². The van der Waals surface area contributed by atoms with E-state index in [2.05, 4.69) is 35.2 Å². The second-order valence-electron chi connectivity index (χ2n) is 4.50. The molecular weight excluding hydrogens is 186 g/mol. The third-order valence-corrected chi connectivity index (χ3v) is 2.87. The van der Waals surface area contributed by atoms with Crippen molar-refractivity contribution in [1.29, 1.82) is 0 Å². The standard InChI is InChI=1S/C12H19N3/c1-10-6-12(8-13-7-10)14-11-4-3-5-15(2)9-11/h6-8,11,14H,3-5,9H2,1-2H3. The Bertz CT molecular complexity index is 324. The number of likely N-dealkylation sites (tertiary alicyclic amines) is 1. The molecule has 1 N–H and O–H groups in total. The summed E-state index contributed by atoms with van der Waals surface area (Å²) < 4.78 is 0. The summed E-state index contributed by atoms with van der Waals surface area (Å²) in [6.45, 7) is 4.43. The summed E-state index contributed by atoms with van der Waals surface area (Å²) in [6.07, 6.45) is 6.34. The molecule has 0 aliphatic carbocycles. The van der Waals surface area contributed by atoms with Gasteiger partial charge in [0.1, 0.15) is 0 Å². The highest BCUT2D eigenvalue weighted by molar-refractivity contribution is 5.43. The molecule has 0 saturated carbocycles. The van der Waals surface area contributed by atoms with Crippen LogP contribution in [-0.4, -0.2) is 36.1 Å². The van der Waals surface area contributed by atoms with Crippen LogP contribution in [0, 0.1) is 6.92 Å². The minimum absolute atomic E-state index is 0.576. The van der Waals surface area contributed by atoms with Crippen molar-refractivity contribution in [1.82, 2.24) is 9.88 Å². The summed E-state index contributed by atoms with van der Waals surface area (Å²) in [5, 5.41) is 3.55. The molecule has 0 aromatic carbocycles. The SMILES string of the molecule is Cc1cncc(NC2CCCN(C)C2)c1. The molecule has 1 atom stereocenters. The average molecular weight is 205 g/mol. The average Bonchev–Trinajstić information content (AvgIpc) is 2.17. The van der Waals surface area contributed by atoms with Gasteiger partial charge in [-0.25, -0.2) is 0 Å². The van der Waals surface area contributed by atoms with Gasteiger partial charge in [0.25, 0.3) is 0 Å². The highest BCUT2D eigenvalue weighted by Gasteiger charge is 2.16. The van der Waals surface area contributed by atoms with Crippen molar-refractivity contribution in [3.63, 3.8) is 0 Å². The van der Waals surface area contributed by atoms with Crippen LogP contribution in [0.25, 0.3) is 0 Å². The largest absolute Gasteiger partial charge is 0.380 e. The van der Waals surface area contributed by atoms with Gasteiger partial charge in [-0.1, -0.05) is 0 Å². The summed E-state index contributed by atoms with van der Waals surface area (Å²) in [5.41, 5.74) is 2.36. The number of nitrogens with one attached hydrogen (secondary N) is 1. The Morgan fingerprint density at radius 2 is 2.33 bits per heavy atom. The highest BCUT2D eigenvalue weighted by Crippen LogP contribution is 2.15. The Morgan fingerprint density at radius 1 is 1.47 bits per heavy atom. The molecule has 15 heavy (non-hydrogen) atoms. The quantitative estimate of drug-likeness (QED) is 0.799. The Balaban J connectivity index is 1.96. The van der Waals surface area contributed by atoms with Gasteiger partial charge in [-0.05, 0) is 45.0 Å². The van der Waals surface area contributed by atoms with E-state index in [1.807, 2.05) is 12.4 Å². The predicted octanol–water partition coefficient (Wildman–Crippen LogP) is 1.90. The van der Waals surface area contributed by atoms with Crippen molar-refractivity contribution in [3.8, 4) is 0 Å². The van der Waals surface area contributed by atoms with Crippen LogP contribution < -0.4 is 5.32 Å². The first kappa shape index (κ1) is 10.4. The fourth-order valence-corrected chi connectivity index (χ4v) is 2.15. The van der Waals surface area contributed by atoms with Gasteiger partial charge in [0, 0.05) is 25.0 Å². The van der Waals surface area contributed by atoms with E-state index >= 15 is 0 Å². The van der Waals surface area contributed by atoms with Crippen LogP contribution >= 0.6 is 0 Å². The zero-order valence-corrected chi connectivity index (χ0v) is 9.53. The van der Waals surface area contributed by atoms with Gasteiger partial charge >= 0.3 is 0 Å². The summed E-state index contributed by atoms with van der Waals surface area (Å²) in [6, 6.07) is 2.73. The molecule has 1 unspecified atom stereocenters. The molecule has 1 aromatic heterocycles. The van der Waals surface area contributed by atoms with E-state index in [0.29, 0.717) is 6.04 Å². The third-order valence-electron chi connectivity index (χ3n) is 2.87. The second-order valence-corrected chi connectivity index (χ2v) is 4.50. The molecule has 0 spiro atoms. The lowest BCUT2D eigenvalue weighted by atomic mass is 10.1. The lowest BCUT2D eigenvalue weighted by molar-refractivity contribution is 0.261. The van der Waals surface area contributed by atoms with E-state index < -0.39 is 0 Å². The molecule has 3 nitrogen and oxygen atoms in total. The molecule has 0 radical (unpaired) electrons. The van der Waals surface area contributed by atoms with Gasteiger partial charge in [0.05, 0.1) is 5.69 Å². The van der Waals surface area contributed by atoms with E-state index in [9.17, 15) is 0 Å². The van der Waals surface area contributed by atoms with Crippen molar-refractivity contribution in [2.24, 2.45) is 0 Å². The lowest BCUT2D eigenvalue weighted by Crippen LogP contribution is -2.39. The molecule has 0 bridgehead atoms. The van der Waals surface area contributed by atoms with Crippen LogP contribution in [0.2, 0.25) is 0 Å². The van der Waals surface area contributed by atoms with Gasteiger partial charge in [-0.2, -0.15) is 0 Å². The smallest absolute Gasteiger partial charge is 0.0531 e. The molecular formula is C12H19N3. The van der Waals surface area contributed by atoms with E-state index in [-0.39, 0.29) is 0 Å². The Labute approximate surface area is 91.5 Å². The summed E-state index contributed by atoms with van der Waals surface area (Å²) in [5.74, 6) is 0. The van der Waals surface area contributed by atoms with Crippen molar-refractivity contribution in [2.45, 2.75) is 25.8 Å². The summed E-state index contributed by atoms with van der Waals surface area (Å²) >= 11 is 0. The molecule has 3 heteroatoms. The number of nitrogens with zero attached hydrogens (tertiary/aromatic N) is 2. The van der Waals surface area contributed by atoms with Crippen molar-refractivity contribution in [2.75, 3.05) is 25.5 Å².